The van der Waals surface area contributed by atoms with Gasteiger partial charge in [0.15, 0.2) is 0 Å². The number of carbonyl (C=O) groups is 2. The molecule has 0 aromatic heterocycles. The molecule has 1 amide bonds. The summed E-state index contributed by atoms with van der Waals surface area (Å²) in [6.45, 7) is 1.49. The van der Waals surface area contributed by atoms with Crippen LogP contribution < -0.4 is 0 Å². The zero-order valence-electron chi connectivity index (χ0n) is 11.3. The number of hydrogen-bond donors (Lipinski definition) is 1. The standard InChI is InChI=1S/C13H14F3NO3S/c1-8(12(19)20)7-17(2)11(18)9-3-5-10(6-4-9)21-13(14,15)16/h3-6,8H,7H2,1-2H3,(H,19,20). The van der Waals surface area contributed by atoms with Crippen molar-refractivity contribution in [1.82, 2.24) is 4.90 Å². The summed E-state index contributed by atoms with van der Waals surface area (Å²) < 4.78 is 36.5. The van der Waals surface area contributed by atoms with E-state index in [1.54, 1.807) is 0 Å². The van der Waals surface area contributed by atoms with Gasteiger partial charge < -0.3 is 10.0 Å². The summed E-state index contributed by atoms with van der Waals surface area (Å²) in [5.41, 5.74) is -4.17. The van der Waals surface area contributed by atoms with Crippen LogP contribution in [0.4, 0.5) is 13.2 Å². The Morgan fingerprint density at radius 3 is 2.24 bits per heavy atom. The highest BCUT2D eigenvalue weighted by atomic mass is 32.2. The molecule has 1 aromatic rings. The first-order valence-electron chi connectivity index (χ1n) is 5.94. The van der Waals surface area contributed by atoms with Gasteiger partial charge >= 0.3 is 11.5 Å². The minimum absolute atomic E-state index is 0.0133. The average molecular weight is 321 g/mol. The predicted molar refractivity (Wildman–Crippen MR) is 72.1 cm³/mol. The van der Waals surface area contributed by atoms with Crippen molar-refractivity contribution in [3.8, 4) is 0 Å². The van der Waals surface area contributed by atoms with Gasteiger partial charge in [0.1, 0.15) is 0 Å². The molecule has 1 N–H and O–H groups in total. The molecule has 1 atom stereocenters. The van der Waals surface area contributed by atoms with E-state index in [1.807, 2.05) is 0 Å². The van der Waals surface area contributed by atoms with E-state index in [0.717, 1.165) is 0 Å². The fourth-order valence-corrected chi connectivity index (χ4v) is 2.13. The lowest BCUT2D eigenvalue weighted by Crippen LogP contribution is -2.33. The molecule has 0 aliphatic rings. The van der Waals surface area contributed by atoms with Crippen LogP contribution in [0.25, 0.3) is 0 Å². The maximum absolute atomic E-state index is 12.2. The van der Waals surface area contributed by atoms with E-state index in [1.165, 1.54) is 43.1 Å². The number of nitrogens with zero attached hydrogens (tertiary/aromatic N) is 1. The second kappa shape index (κ2) is 6.84. The summed E-state index contributed by atoms with van der Waals surface area (Å²) in [7, 11) is 1.44. The number of carboxylic acid groups (broad SMARTS) is 1. The summed E-state index contributed by atoms with van der Waals surface area (Å²) in [5.74, 6) is -2.18. The van der Waals surface area contributed by atoms with E-state index in [2.05, 4.69) is 0 Å². The minimum Gasteiger partial charge on any atom is -0.481 e. The van der Waals surface area contributed by atoms with Crippen molar-refractivity contribution in [3.63, 3.8) is 0 Å². The monoisotopic (exact) mass is 321 g/mol. The van der Waals surface area contributed by atoms with Gasteiger partial charge in [0.25, 0.3) is 5.91 Å². The van der Waals surface area contributed by atoms with Crippen LogP contribution in [0, 0.1) is 5.92 Å². The van der Waals surface area contributed by atoms with Crippen molar-refractivity contribution in [1.29, 1.82) is 0 Å². The van der Waals surface area contributed by atoms with Gasteiger partial charge in [-0.15, -0.1) is 0 Å². The third-order valence-electron chi connectivity index (χ3n) is 2.65. The molecule has 8 heteroatoms. The largest absolute Gasteiger partial charge is 0.481 e. The molecule has 116 valence electrons. The Balaban J connectivity index is 2.73. The summed E-state index contributed by atoms with van der Waals surface area (Å²) in [5, 5.41) is 8.78. The first-order chi connectivity index (χ1) is 9.60. The predicted octanol–water partition coefficient (Wildman–Crippen LogP) is 3.09. The Hall–Kier alpha value is -1.70. The van der Waals surface area contributed by atoms with E-state index in [9.17, 15) is 22.8 Å². The first kappa shape index (κ1) is 17.4. The second-order valence-corrected chi connectivity index (χ2v) is 5.64. The van der Waals surface area contributed by atoms with E-state index >= 15 is 0 Å². The molecular formula is C13H14F3NO3S. The maximum atomic E-state index is 12.2. The SMILES string of the molecule is CC(CN(C)C(=O)c1ccc(SC(F)(F)F)cc1)C(=O)O. The topological polar surface area (TPSA) is 57.6 Å². The lowest BCUT2D eigenvalue weighted by atomic mass is 10.1. The number of thioether (sulfide) groups is 1. The van der Waals surface area contributed by atoms with E-state index in [4.69, 9.17) is 5.11 Å². The van der Waals surface area contributed by atoms with Crippen LogP contribution in [0.2, 0.25) is 0 Å². The Morgan fingerprint density at radius 1 is 1.29 bits per heavy atom. The van der Waals surface area contributed by atoms with Crippen LogP contribution in [-0.2, 0) is 4.79 Å². The highest BCUT2D eigenvalue weighted by Crippen LogP contribution is 2.36. The van der Waals surface area contributed by atoms with E-state index < -0.39 is 23.3 Å². The Kier molecular flexibility index (Phi) is 5.65. The molecule has 4 nitrogen and oxygen atoms in total. The smallest absolute Gasteiger partial charge is 0.446 e. The zero-order chi connectivity index (χ0) is 16.2. The van der Waals surface area contributed by atoms with Gasteiger partial charge in [0.2, 0.25) is 0 Å². The van der Waals surface area contributed by atoms with Gasteiger partial charge in [-0.3, -0.25) is 9.59 Å². The fourth-order valence-electron chi connectivity index (χ4n) is 1.59. The molecule has 1 aromatic carbocycles. The van der Waals surface area contributed by atoms with Crippen molar-refractivity contribution >= 4 is 23.6 Å². The normalized spacial score (nSPS) is 12.8. The number of hydrogen-bond acceptors (Lipinski definition) is 3. The summed E-state index contributed by atoms with van der Waals surface area (Å²) in [6.07, 6.45) is 0. The molecule has 0 heterocycles. The number of alkyl halides is 3. The third kappa shape index (κ3) is 5.66. The van der Waals surface area contributed by atoms with Crippen LogP contribution in [0.1, 0.15) is 17.3 Å². The quantitative estimate of drug-likeness (QED) is 0.847. The second-order valence-electron chi connectivity index (χ2n) is 4.50. The van der Waals surface area contributed by atoms with Gasteiger partial charge in [-0.1, -0.05) is 6.92 Å². The first-order valence-corrected chi connectivity index (χ1v) is 6.76. The highest BCUT2D eigenvalue weighted by molar-refractivity contribution is 8.00. The number of carbonyl (C=O) groups excluding carboxylic acids is 1. The number of benzene rings is 1. The summed E-state index contributed by atoms with van der Waals surface area (Å²) >= 11 is -0.258. The minimum atomic E-state index is -4.38. The zero-order valence-corrected chi connectivity index (χ0v) is 12.2. The van der Waals surface area contributed by atoms with Crippen molar-refractivity contribution in [2.75, 3.05) is 13.6 Å². The van der Waals surface area contributed by atoms with Gasteiger partial charge in [0.05, 0.1) is 5.92 Å². The molecule has 0 bridgehead atoms. The molecule has 21 heavy (non-hydrogen) atoms. The van der Waals surface area contributed by atoms with E-state index in [-0.39, 0.29) is 28.8 Å². The molecule has 0 radical (unpaired) electrons. The summed E-state index contributed by atoms with van der Waals surface area (Å²) in [6, 6.07) is 5.00. The molecule has 1 unspecified atom stereocenters. The number of halogens is 3. The Morgan fingerprint density at radius 2 is 1.81 bits per heavy atom. The maximum Gasteiger partial charge on any atom is 0.446 e. The van der Waals surface area contributed by atoms with Gasteiger partial charge in [0, 0.05) is 24.1 Å². The molecule has 0 aliphatic carbocycles. The molecule has 0 fully saturated rings. The lowest BCUT2D eigenvalue weighted by molar-refractivity contribution is -0.141. The van der Waals surface area contributed by atoms with Gasteiger partial charge in [-0.05, 0) is 36.0 Å². The molecule has 0 aliphatic heterocycles. The number of amides is 1. The van der Waals surface area contributed by atoms with Crippen LogP contribution in [-0.4, -0.2) is 41.0 Å². The van der Waals surface area contributed by atoms with Crippen LogP contribution in [0.15, 0.2) is 29.2 Å². The highest BCUT2D eigenvalue weighted by Gasteiger charge is 2.29. The molecule has 1 rings (SSSR count). The van der Waals surface area contributed by atoms with Gasteiger partial charge in [-0.2, -0.15) is 13.2 Å². The molecular weight excluding hydrogens is 307 g/mol. The van der Waals surface area contributed by atoms with Crippen molar-refractivity contribution < 1.29 is 27.9 Å². The van der Waals surface area contributed by atoms with Crippen LogP contribution in [0.5, 0.6) is 0 Å². The lowest BCUT2D eigenvalue weighted by Gasteiger charge is -2.19. The third-order valence-corrected chi connectivity index (χ3v) is 3.39. The van der Waals surface area contributed by atoms with Crippen molar-refractivity contribution in [2.45, 2.75) is 17.3 Å². The van der Waals surface area contributed by atoms with Crippen molar-refractivity contribution in [3.05, 3.63) is 29.8 Å². The van der Waals surface area contributed by atoms with Gasteiger partial charge in [-0.25, -0.2) is 0 Å². The van der Waals surface area contributed by atoms with Crippen LogP contribution >= 0.6 is 11.8 Å². The average Bonchev–Trinajstić information content (AvgIpc) is 2.36. The number of carboxylic acids is 1. The number of rotatable bonds is 5. The van der Waals surface area contributed by atoms with Crippen molar-refractivity contribution in [2.24, 2.45) is 5.92 Å². The van der Waals surface area contributed by atoms with E-state index in [0.29, 0.717) is 0 Å². The van der Waals surface area contributed by atoms with Crippen LogP contribution in [0.3, 0.4) is 0 Å². The Bertz CT molecular complexity index is 516. The number of aliphatic carboxylic acids is 1. The molecule has 0 saturated carbocycles. The molecule has 0 spiro atoms. The summed E-state index contributed by atoms with van der Waals surface area (Å²) in [4.78, 5) is 23.9. The Labute approximate surface area is 123 Å². The fraction of sp³-hybridized carbons (Fsp3) is 0.385. The molecule has 0 saturated heterocycles.